The highest BCUT2D eigenvalue weighted by atomic mass is 16.6. The Labute approximate surface area is 137 Å². The van der Waals surface area contributed by atoms with Crippen molar-refractivity contribution in [1.82, 2.24) is 0 Å². The second kappa shape index (κ2) is 7.23. The van der Waals surface area contributed by atoms with Crippen LogP contribution in [-0.4, -0.2) is 21.8 Å². The van der Waals surface area contributed by atoms with Gasteiger partial charge in [0.15, 0.2) is 0 Å². The van der Waals surface area contributed by atoms with E-state index >= 15 is 0 Å². The van der Waals surface area contributed by atoms with Crippen molar-refractivity contribution in [2.75, 3.05) is 10.6 Å². The highest BCUT2D eigenvalue weighted by Gasteiger charge is 2.13. The van der Waals surface area contributed by atoms with Gasteiger partial charge >= 0.3 is 0 Å². The molecule has 2 rings (SSSR count). The molecule has 0 saturated heterocycles. The van der Waals surface area contributed by atoms with Crippen LogP contribution in [0.25, 0.3) is 0 Å². The van der Waals surface area contributed by atoms with E-state index in [-0.39, 0.29) is 17.3 Å². The number of phenols is 1. The van der Waals surface area contributed by atoms with Crippen LogP contribution in [0.3, 0.4) is 0 Å². The van der Waals surface area contributed by atoms with Crippen LogP contribution >= 0.6 is 0 Å². The summed E-state index contributed by atoms with van der Waals surface area (Å²) < 4.78 is 0. The molecule has 0 spiro atoms. The molecule has 0 aromatic heterocycles. The monoisotopic (exact) mass is 329 g/mol. The molecule has 8 heteroatoms. The van der Waals surface area contributed by atoms with E-state index in [9.17, 15) is 24.8 Å². The molecule has 0 aliphatic heterocycles. The molecule has 0 bridgehead atoms. The fraction of sp³-hybridized carbons (Fsp3) is 0.125. The van der Waals surface area contributed by atoms with E-state index in [0.29, 0.717) is 17.7 Å². The van der Waals surface area contributed by atoms with Crippen LogP contribution in [-0.2, 0) is 4.79 Å². The molecule has 0 aliphatic rings. The normalized spacial score (nSPS) is 10.0. The summed E-state index contributed by atoms with van der Waals surface area (Å²) in [6.45, 7) is 1.73. The number of hydrogen-bond donors (Lipinski definition) is 3. The number of nitrogens with zero attached hydrogens (tertiary/aromatic N) is 1. The van der Waals surface area contributed by atoms with Gasteiger partial charge in [0.25, 0.3) is 11.6 Å². The average molecular weight is 329 g/mol. The van der Waals surface area contributed by atoms with E-state index in [1.807, 2.05) is 0 Å². The smallest absolute Gasteiger partial charge is 0.273 e. The van der Waals surface area contributed by atoms with E-state index in [2.05, 4.69) is 10.6 Å². The molecule has 0 heterocycles. The number of nitro groups is 1. The SMILES string of the molecule is CCC(=O)Nc1ccc(C(=O)Nc2ccc([N+](=O)[O-])cc2O)cc1. The van der Waals surface area contributed by atoms with Gasteiger partial charge in [-0.3, -0.25) is 19.7 Å². The van der Waals surface area contributed by atoms with Crippen molar-refractivity contribution in [3.63, 3.8) is 0 Å². The quantitative estimate of drug-likeness (QED) is 0.442. The van der Waals surface area contributed by atoms with Gasteiger partial charge in [-0.15, -0.1) is 0 Å². The Hall–Kier alpha value is -3.42. The summed E-state index contributed by atoms with van der Waals surface area (Å²) in [5, 5.41) is 25.5. The van der Waals surface area contributed by atoms with Crippen molar-refractivity contribution in [1.29, 1.82) is 0 Å². The molecule has 0 fully saturated rings. The maximum Gasteiger partial charge on any atom is 0.273 e. The van der Waals surface area contributed by atoms with Crippen molar-refractivity contribution in [3.8, 4) is 5.75 Å². The van der Waals surface area contributed by atoms with E-state index in [1.165, 1.54) is 24.3 Å². The van der Waals surface area contributed by atoms with Gasteiger partial charge in [-0.2, -0.15) is 0 Å². The molecule has 2 amide bonds. The number of carbonyl (C=O) groups excluding carboxylic acids is 2. The highest BCUT2D eigenvalue weighted by molar-refractivity contribution is 6.05. The zero-order valence-corrected chi connectivity index (χ0v) is 12.8. The first kappa shape index (κ1) is 16.9. The number of phenolic OH excluding ortho intramolecular Hbond substituents is 1. The second-order valence-corrected chi connectivity index (χ2v) is 4.89. The largest absolute Gasteiger partial charge is 0.506 e. The van der Waals surface area contributed by atoms with Gasteiger partial charge in [0.1, 0.15) is 5.75 Å². The molecule has 124 valence electrons. The molecule has 0 saturated carbocycles. The third kappa shape index (κ3) is 4.07. The van der Waals surface area contributed by atoms with Crippen LogP contribution < -0.4 is 10.6 Å². The third-order valence-electron chi connectivity index (χ3n) is 3.19. The van der Waals surface area contributed by atoms with E-state index in [0.717, 1.165) is 6.07 Å². The summed E-state index contributed by atoms with van der Waals surface area (Å²) in [7, 11) is 0. The number of amides is 2. The molecular weight excluding hydrogens is 314 g/mol. The van der Waals surface area contributed by atoms with Gasteiger partial charge < -0.3 is 15.7 Å². The molecule has 0 unspecified atom stereocenters. The molecule has 0 radical (unpaired) electrons. The van der Waals surface area contributed by atoms with Gasteiger partial charge in [-0.05, 0) is 30.3 Å². The maximum atomic E-state index is 12.1. The van der Waals surface area contributed by atoms with E-state index in [1.54, 1.807) is 19.1 Å². The van der Waals surface area contributed by atoms with Gasteiger partial charge in [-0.1, -0.05) is 6.92 Å². The van der Waals surface area contributed by atoms with Crippen molar-refractivity contribution < 1.29 is 19.6 Å². The summed E-state index contributed by atoms with van der Waals surface area (Å²) in [5.41, 5.74) is 0.661. The number of aromatic hydroxyl groups is 1. The number of nitrogens with one attached hydrogen (secondary N) is 2. The van der Waals surface area contributed by atoms with Crippen molar-refractivity contribution in [3.05, 3.63) is 58.1 Å². The number of anilines is 2. The van der Waals surface area contributed by atoms with Gasteiger partial charge in [0, 0.05) is 23.7 Å². The summed E-state index contributed by atoms with van der Waals surface area (Å²) in [4.78, 5) is 33.4. The first-order chi connectivity index (χ1) is 11.4. The fourth-order valence-electron chi connectivity index (χ4n) is 1.89. The fourth-order valence-corrected chi connectivity index (χ4v) is 1.89. The number of hydrogen-bond acceptors (Lipinski definition) is 5. The Bertz CT molecular complexity index is 787. The van der Waals surface area contributed by atoms with E-state index < -0.39 is 16.6 Å². The average Bonchev–Trinajstić information content (AvgIpc) is 2.56. The Balaban J connectivity index is 2.09. The molecule has 2 aromatic rings. The summed E-state index contributed by atoms with van der Waals surface area (Å²) >= 11 is 0. The second-order valence-electron chi connectivity index (χ2n) is 4.89. The number of non-ortho nitro benzene ring substituents is 1. The molecule has 0 atom stereocenters. The van der Waals surface area contributed by atoms with Gasteiger partial charge in [0.2, 0.25) is 5.91 Å². The summed E-state index contributed by atoms with van der Waals surface area (Å²) in [6, 6.07) is 9.58. The van der Waals surface area contributed by atoms with Crippen LogP contribution in [0, 0.1) is 10.1 Å². The summed E-state index contributed by atoms with van der Waals surface area (Å²) in [5.74, 6) is -1.03. The minimum Gasteiger partial charge on any atom is -0.506 e. The molecular formula is C16H15N3O5. The van der Waals surface area contributed by atoms with Crippen LogP contribution in [0.5, 0.6) is 5.75 Å². The Kier molecular flexibility index (Phi) is 5.10. The van der Waals surface area contributed by atoms with Crippen molar-refractivity contribution in [2.24, 2.45) is 0 Å². The van der Waals surface area contributed by atoms with Crippen LogP contribution in [0.1, 0.15) is 23.7 Å². The molecule has 3 N–H and O–H groups in total. The van der Waals surface area contributed by atoms with E-state index in [4.69, 9.17) is 0 Å². The lowest BCUT2D eigenvalue weighted by molar-refractivity contribution is -0.384. The lowest BCUT2D eigenvalue weighted by atomic mass is 10.1. The highest BCUT2D eigenvalue weighted by Crippen LogP contribution is 2.28. The maximum absolute atomic E-state index is 12.1. The minimum atomic E-state index is -0.644. The molecule has 8 nitrogen and oxygen atoms in total. The van der Waals surface area contributed by atoms with Crippen LogP contribution in [0.2, 0.25) is 0 Å². The molecule has 24 heavy (non-hydrogen) atoms. The number of nitro benzene ring substituents is 1. The first-order valence-corrected chi connectivity index (χ1v) is 7.09. The molecule has 0 aliphatic carbocycles. The Morgan fingerprint density at radius 1 is 1.12 bits per heavy atom. The summed E-state index contributed by atoms with van der Waals surface area (Å²) in [6.07, 6.45) is 0.349. The lowest BCUT2D eigenvalue weighted by Gasteiger charge is -2.08. The van der Waals surface area contributed by atoms with Crippen LogP contribution in [0.15, 0.2) is 42.5 Å². The van der Waals surface area contributed by atoms with Crippen molar-refractivity contribution >= 4 is 28.9 Å². The number of rotatable bonds is 5. The Morgan fingerprint density at radius 3 is 2.33 bits per heavy atom. The van der Waals surface area contributed by atoms with Crippen LogP contribution in [0.4, 0.5) is 17.1 Å². The number of carbonyl (C=O) groups is 2. The van der Waals surface area contributed by atoms with Gasteiger partial charge in [0.05, 0.1) is 16.7 Å². The molecule has 2 aromatic carbocycles. The zero-order valence-electron chi connectivity index (χ0n) is 12.8. The third-order valence-corrected chi connectivity index (χ3v) is 3.19. The standard InChI is InChI=1S/C16H15N3O5/c1-2-15(21)17-11-5-3-10(4-6-11)16(22)18-13-8-7-12(19(23)24)9-14(13)20/h3-9,20H,2H2,1H3,(H,17,21)(H,18,22). The van der Waals surface area contributed by atoms with Crippen molar-refractivity contribution in [2.45, 2.75) is 13.3 Å². The Morgan fingerprint density at radius 2 is 1.79 bits per heavy atom. The minimum absolute atomic E-state index is 0.0639. The zero-order chi connectivity index (χ0) is 17.7. The first-order valence-electron chi connectivity index (χ1n) is 7.09. The predicted molar refractivity (Wildman–Crippen MR) is 88.1 cm³/mol. The number of benzene rings is 2. The predicted octanol–water partition coefficient (Wildman–Crippen LogP) is 2.90. The topological polar surface area (TPSA) is 122 Å². The lowest BCUT2D eigenvalue weighted by Crippen LogP contribution is -2.13. The van der Waals surface area contributed by atoms with Gasteiger partial charge in [-0.25, -0.2) is 0 Å².